The van der Waals surface area contributed by atoms with E-state index in [1.165, 1.54) is 0 Å². The van der Waals surface area contributed by atoms with Crippen molar-refractivity contribution in [2.75, 3.05) is 5.32 Å². The quantitative estimate of drug-likeness (QED) is 0.759. The Labute approximate surface area is 148 Å². The summed E-state index contributed by atoms with van der Waals surface area (Å²) < 4.78 is 41.4. The van der Waals surface area contributed by atoms with Crippen LogP contribution in [0.5, 0.6) is 0 Å². The number of alkyl halides is 3. The Hall–Kier alpha value is -2.90. The van der Waals surface area contributed by atoms with Gasteiger partial charge in [0.25, 0.3) is 0 Å². The minimum atomic E-state index is -4.55. The van der Waals surface area contributed by atoms with Crippen LogP contribution in [0.15, 0.2) is 36.4 Å². The van der Waals surface area contributed by atoms with Crippen molar-refractivity contribution in [3.63, 3.8) is 0 Å². The van der Waals surface area contributed by atoms with Gasteiger partial charge in [-0.1, -0.05) is 30.3 Å². The molecule has 0 bridgehead atoms. The van der Waals surface area contributed by atoms with Crippen LogP contribution >= 0.6 is 0 Å². The molecule has 26 heavy (non-hydrogen) atoms. The molecule has 0 spiro atoms. The van der Waals surface area contributed by atoms with Gasteiger partial charge in [0.15, 0.2) is 5.69 Å². The van der Waals surface area contributed by atoms with E-state index in [2.05, 4.69) is 20.4 Å². The van der Waals surface area contributed by atoms with Crippen LogP contribution in [0.3, 0.4) is 0 Å². The SMILES string of the molecule is Cc1nn(C)c(C)c1CNc1nc(-c2ccccc2)cc(C(F)(F)F)n1. The van der Waals surface area contributed by atoms with Crippen LogP contribution in [-0.2, 0) is 19.8 Å². The van der Waals surface area contributed by atoms with E-state index in [0.717, 1.165) is 23.0 Å². The summed E-state index contributed by atoms with van der Waals surface area (Å²) in [6.45, 7) is 4.05. The molecule has 0 fully saturated rings. The van der Waals surface area contributed by atoms with Crippen LogP contribution in [0.2, 0.25) is 0 Å². The molecule has 2 aromatic heterocycles. The molecule has 0 unspecified atom stereocenters. The lowest BCUT2D eigenvalue weighted by molar-refractivity contribution is -0.141. The Morgan fingerprint density at radius 3 is 2.35 bits per heavy atom. The van der Waals surface area contributed by atoms with Gasteiger partial charge >= 0.3 is 6.18 Å². The number of aromatic nitrogens is 4. The van der Waals surface area contributed by atoms with Gasteiger partial charge < -0.3 is 5.32 Å². The van der Waals surface area contributed by atoms with Crippen molar-refractivity contribution in [3.05, 3.63) is 59.0 Å². The lowest BCUT2D eigenvalue weighted by atomic mass is 10.1. The maximum Gasteiger partial charge on any atom is 0.433 e. The highest BCUT2D eigenvalue weighted by Crippen LogP contribution is 2.31. The molecule has 0 atom stereocenters. The zero-order valence-corrected chi connectivity index (χ0v) is 14.6. The van der Waals surface area contributed by atoms with Gasteiger partial charge in [-0.25, -0.2) is 9.97 Å². The highest BCUT2D eigenvalue weighted by molar-refractivity contribution is 5.60. The number of hydrogen-bond donors (Lipinski definition) is 1. The first-order valence-electron chi connectivity index (χ1n) is 8.00. The van der Waals surface area contributed by atoms with Crippen LogP contribution in [-0.4, -0.2) is 19.7 Å². The largest absolute Gasteiger partial charge is 0.433 e. The Balaban J connectivity index is 1.96. The van der Waals surface area contributed by atoms with E-state index in [9.17, 15) is 13.2 Å². The molecule has 8 heteroatoms. The van der Waals surface area contributed by atoms with Crippen molar-refractivity contribution < 1.29 is 13.2 Å². The monoisotopic (exact) mass is 361 g/mol. The van der Waals surface area contributed by atoms with Crippen LogP contribution in [0.4, 0.5) is 19.1 Å². The first-order valence-corrected chi connectivity index (χ1v) is 8.00. The lowest BCUT2D eigenvalue weighted by Gasteiger charge is -2.12. The standard InChI is InChI=1S/C18H18F3N5/c1-11-14(12(2)26(3)25-11)10-22-17-23-15(13-7-5-4-6-8-13)9-16(24-17)18(19,20)21/h4-9H,10H2,1-3H3,(H,22,23,24). The number of hydrogen-bond acceptors (Lipinski definition) is 4. The number of anilines is 1. The minimum Gasteiger partial charge on any atom is -0.350 e. The first kappa shape index (κ1) is 17.9. The van der Waals surface area contributed by atoms with Gasteiger partial charge in [-0.05, 0) is 19.9 Å². The fraction of sp³-hybridized carbons (Fsp3) is 0.278. The van der Waals surface area contributed by atoms with Crippen LogP contribution < -0.4 is 5.32 Å². The fourth-order valence-corrected chi connectivity index (χ4v) is 2.67. The van der Waals surface area contributed by atoms with E-state index in [1.807, 2.05) is 20.9 Å². The van der Waals surface area contributed by atoms with Gasteiger partial charge in [-0.15, -0.1) is 0 Å². The number of nitrogens with one attached hydrogen (secondary N) is 1. The summed E-state index contributed by atoms with van der Waals surface area (Å²) in [5.74, 6) is -0.0682. The molecule has 0 aliphatic heterocycles. The van der Waals surface area contributed by atoms with Crippen molar-refractivity contribution in [1.82, 2.24) is 19.7 Å². The fourth-order valence-electron chi connectivity index (χ4n) is 2.67. The molecule has 0 aliphatic carbocycles. The first-order chi connectivity index (χ1) is 12.3. The predicted octanol–water partition coefficient (Wildman–Crippen LogP) is 4.12. The second-order valence-corrected chi connectivity index (χ2v) is 5.95. The minimum absolute atomic E-state index is 0.0682. The van der Waals surface area contributed by atoms with Gasteiger partial charge in [0.2, 0.25) is 5.95 Å². The summed E-state index contributed by atoms with van der Waals surface area (Å²) in [5.41, 5.74) is 2.49. The Morgan fingerprint density at radius 1 is 1.08 bits per heavy atom. The van der Waals surface area contributed by atoms with Crippen molar-refractivity contribution in [2.24, 2.45) is 7.05 Å². The summed E-state index contributed by atoms with van der Waals surface area (Å²) in [5, 5.41) is 7.20. The van der Waals surface area contributed by atoms with Gasteiger partial charge in [0, 0.05) is 30.4 Å². The van der Waals surface area contributed by atoms with Crippen molar-refractivity contribution in [1.29, 1.82) is 0 Å². The van der Waals surface area contributed by atoms with Gasteiger partial charge in [0.1, 0.15) is 0 Å². The molecule has 0 amide bonds. The van der Waals surface area contributed by atoms with E-state index in [-0.39, 0.29) is 11.6 Å². The zero-order chi connectivity index (χ0) is 18.9. The van der Waals surface area contributed by atoms with E-state index in [0.29, 0.717) is 12.1 Å². The maximum absolute atomic E-state index is 13.2. The molecule has 0 saturated heterocycles. The van der Waals surface area contributed by atoms with Gasteiger partial charge in [-0.2, -0.15) is 18.3 Å². The topological polar surface area (TPSA) is 55.6 Å². The number of benzene rings is 1. The number of halogens is 3. The molecule has 2 heterocycles. The van der Waals surface area contributed by atoms with Crippen LogP contribution in [0, 0.1) is 13.8 Å². The summed E-state index contributed by atoms with van der Waals surface area (Å²) >= 11 is 0. The molecule has 5 nitrogen and oxygen atoms in total. The average Bonchev–Trinajstić information content (AvgIpc) is 2.85. The van der Waals surface area contributed by atoms with Crippen molar-refractivity contribution >= 4 is 5.95 Å². The molecule has 136 valence electrons. The Kier molecular flexibility index (Phi) is 4.67. The number of aryl methyl sites for hydroxylation is 2. The van der Waals surface area contributed by atoms with E-state index >= 15 is 0 Å². The second kappa shape index (κ2) is 6.78. The molecular formula is C18H18F3N5. The third kappa shape index (κ3) is 3.68. The van der Waals surface area contributed by atoms with Crippen molar-refractivity contribution in [3.8, 4) is 11.3 Å². The molecule has 3 rings (SSSR count). The smallest absolute Gasteiger partial charge is 0.350 e. The predicted molar refractivity (Wildman–Crippen MR) is 92.5 cm³/mol. The molecule has 1 N–H and O–H groups in total. The molecule has 0 saturated carbocycles. The Bertz CT molecular complexity index is 917. The number of nitrogens with zero attached hydrogens (tertiary/aromatic N) is 4. The van der Waals surface area contributed by atoms with Crippen LogP contribution in [0.25, 0.3) is 11.3 Å². The molecule has 3 aromatic rings. The molecular weight excluding hydrogens is 343 g/mol. The third-order valence-corrected chi connectivity index (χ3v) is 4.17. The zero-order valence-electron chi connectivity index (χ0n) is 14.6. The number of rotatable bonds is 4. The van der Waals surface area contributed by atoms with E-state index in [1.54, 1.807) is 35.0 Å². The second-order valence-electron chi connectivity index (χ2n) is 5.95. The Morgan fingerprint density at radius 2 is 1.77 bits per heavy atom. The summed E-state index contributed by atoms with van der Waals surface area (Å²) in [6, 6.07) is 9.67. The van der Waals surface area contributed by atoms with Gasteiger partial charge in [-0.3, -0.25) is 4.68 Å². The van der Waals surface area contributed by atoms with Gasteiger partial charge in [0.05, 0.1) is 11.4 Å². The summed E-state index contributed by atoms with van der Waals surface area (Å²) in [6.07, 6.45) is -4.55. The molecule has 0 aliphatic rings. The summed E-state index contributed by atoms with van der Waals surface area (Å²) in [4.78, 5) is 7.89. The van der Waals surface area contributed by atoms with E-state index in [4.69, 9.17) is 0 Å². The lowest BCUT2D eigenvalue weighted by Crippen LogP contribution is -2.13. The maximum atomic E-state index is 13.2. The average molecular weight is 361 g/mol. The highest BCUT2D eigenvalue weighted by Gasteiger charge is 2.33. The molecule has 0 radical (unpaired) electrons. The summed E-state index contributed by atoms with van der Waals surface area (Å²) in [7, 11) is 1.82. The third-order valence-electron chi connectivity index (χ3n) is 4.17. The normalized spacial score (nSPS) is 11.6. The van der Waals surface area contributed by atoms with Crippen LogP contribution in [0.1, 0.15) is 22.6 Å². The highest BCUT2D eigenvalue weighted by atomic mass is 19.4. The van der Waals surface area contributed by atoms with Crippen molar-refractivity contribution in [2.45, 2.75) is 26.6 Å². The van der Waals surface area contributed by atoms with E-state index < -0.39 is 11.9 Å². The molecule has 1 aromatic carbocycles.